The van der Waals surface area contributed by atoms with E-state index in [9.17, 15) is 9.59 Å². The van der Waals surface area contributed by atoms with Crippen molar-refractivity contribution in [3.63, 3.8) is 0 Å². The molecule has 0 fully saturated rings. The van der Waals surface area contributed by atoms with Crippen LogP contribution in [0.4, 0.5) is 0 Å². The van der Waals surface area contributed by atoms with E-state index < -0.39 is 0 Å². The Hall–Kier alpha value is -2.61. The second kappa shape index (κ2) is 7.96. The zero-order valence-corrected chi connectivity index (χ0v) is 16.4. The molecule has 8 heteroatoms. The first-order chi connectivity index (χ1) is 12.8. The summed E-state index contributed by atoms with van der Waals surface area (Å²) in [5, 5.41) is 7.38. The van der Waals surface area contributed by atoms with Gasteiger partial charge in [-0.1, -0.05) is 0 Å². The number of carbonyl (C=O) groups is 2. The molecule has 2 aromatic rings. The summed E-state index contributed by atoms with van der Waals surface area (Å²) in [7, 11) is 3.90. The lowest BCUT2D eigenvalue weighted by molar-refractivity contribution is -0.129. The molecule has 1 N–H and O–H groups in total. The Labute approximate surface area is 159 Å². The van der Waals surface area contributed by atoms with Crippen LogP contribution in [0.25, 0.3) is 0 Å². The SMILES string of the molecule is CC(=O)N1CCCn2nc(C(=O)NCC(c3ccc(C)o3)N(C)C)cc2C1. The summed E-state index contributed by atoms with van der Waals surface area (Å²) >= 11 is 0. The lowest BCUT2D eigenvalue weighted by Gasteiger charge is -2.22. The predicted molar refractivity (Wildman–Crippen MR) is 100 cm³/mol. The van der Waals surface area contributed by atoms with Crippen molar-refractivity contribution in [3.8, 4) is 0 Å². The van der Waals surface area contributed by atoms with E-state index in [1.54, 1.807) is 17.9 Å². The van der Waals surface area contributed by atoms with E-state index in [0.29, 0.717) is 31.9 Å². The number of amides is 2. The molecule has 0 aromatic carbocycles. The van der Waals surface area contributed by atoms with Gasteiger partial charge in [0.15, 0.2) is 5.69 Å². The minimum absolute atomic E-state index is 0.0400. The molecule has 8 nitrogen and oxygen atoms in total. The van der Waals surface area contributed by atoms with Gasteiger partial charge in [0.2, 0.25) is 5.91 Å². The number of rotatable bonds is 5. The van der Waals surface area contributed by atoms with Crippen LogP contribution in [0.2, 0.25) is 0 Å². The van der Waals surface area contributed by atoms with Crippen molar-refractivity contribution in [1.82, 2.24) is 24.9 Å². The number of carbonyl (C=O) groups excluding carboxylic acids is 2. The molecule has 0 saturated carbocycles. The number of hydrogen-bond donors (Lipinski definition) is 1. The molecule has 1 atom stereocenters. The molecule has 27 heavy (non-hydrogen) atoms. The number of furan rings is 1. The Morgan fingerprint density at radius 3 is 2.74 bits per heavy atom. The van der Waals surface area contributed by atoms with Crippen LogP contribution in [0.5, 0.6) is 0 Å². The average molecular weight is 373 g/mol. The number of fused-ring (bicyclic) bond motifs is 1. The van der Waals surface area contributed by atoms with Crippen molar-refractivity contribution in [2.45, 2.75) is 39.4 Å². The van der Waals surface area contributed by atoms with E-state index in [-0.39, 0.29) is 17.9 Å². The lowest BCUT2D eigenvalue weighted by atomic mass is 10.2. The fourth-order valence-corrected chi connectivity index (χ4v) is 3.29. The molecule has 146 valence electrons. The van der Waals surface area contributed by atoms with E-state index in [2.05, 4.69) is 10.4 Å². The number of nitrogens with zero attached hydrogens (tertiary/aromatic N) is 4. The highest BCUT2D eigenvalue weighted by molar-refractivity contribution is 5.92. The van der Waals surface area contributed by atoms with Crippen molar-refractivity contribution in [2.24, 2.45) is 0 Å². The molecule has 0 bridgehead atoms. The van der Waals surface area contributed by atoms with Crippen molar-refractivity contribution in [3.05, 3.63) is 41.1 Å². The van der Waals surface area contributed by atoms with E-state index in [4.69, 9.17) is 4.42 Å². The Bertz CT molecular complexity index is 823. The monoisotopic (exact) mass is 373 g/mol. The van der Waals surface area contributed by atoms with Crippen LogP contribution >= 0.6 is 0 Å². The van der Waals surface area contributed by atoms with Crippen LogP contribution in [0.1, 0.15) is 47.1 Å². The Morgan fingerprint density at radius 2 is 2.11 bits per heavy atom. The van der Waals surface area contributed by atoms with E-state index in [0.717, 1.165) is 23.6 Å². The maximum Gasteiger partial charge on any atom is 0.271 e. The highest BCUT2D eigenvalue weighted by Gasteiger charge is 2.23. The van der Waals surface area contributed by atoms with Gasteiger partial charge in [-0.3, -0.25) is 19.2 Å². The van der Waals surface area contributed by atoms with Crippen LogP contribution in [0.3, 0.4) is 0 Å². The highest BCUT2D eigenvalue weighted by Crippen LogP contribution is 2.20. The molecule has 1 aliphatic rings. The first kappa shape index (κ1) is 19.2. The Kier molecular flexibility index (Phi) is 5.65. The van der Waals surface area contributed by atoms with Crippen LogP contribution in [0, 0.1) is 6.92 Å². The molecule has 1 aliphatic heterocycles. The van der Waals surface area contributed by atoms with Gasteiger partial charge in [0.1, 0.15) is 11.5 Å². The first-order valence-electron chi connectivity index (χ1n) is 9.18. The molecule has 3 heterocycles. The first-order valence-corrected chi connectivity index (χ1v) is 9.18. The van der Waals surface area contributed by atoms with E-state index >= 15 is 0 Å². The second-order valence-corrected chi connectivity index (χ2v) is 7.18. The molecule has 0 saturated heterocycles. The van der Waals surface area contributed by atoms with Gasteiger partial charge in [-0.15, -0.1) is 0 Å². The van der Waals surface area contributed by atoms with Crippen molar-refractivity contribution < 1.29 is 14.0 Å². The Morgan fingerprint density at radius 1 is 1.33 bits per heavy atom. The van der Waals surface area contributed by atoms with Gasteiger partial charge in [-0.25, -0.2) is 0 Å². The molecule has 2 aromatic heterocycles. The summed E-state index contributed by atoms with van der Waals surface area (Å²) in [5.41, 5.74) is 1.27. The topological polar surface area (TPSA) is 83.6 Å². The molecule has 0 aliphatic carbocycles. The van der Waals surface area contributed by atoms with Crippen LogP contribution in [0.15, 0.2) is 22.6 Å². The van der Waals surface area contributed by atoms with Crippen molar-refractivity contribution in [2.75, 3.05) is 27.2 Å². The van der Waals surface area contributed by atoms with Gasteiger partial charge in [0, 0.05) is 26.6 Å². The third-order valence-electron chi connectivity index (χ3n) is 4.86. The standard InChI is InChI=1S/C19H27N5O3/c1-13-6-7-18(27-13)17(22(3)4)11-20-19(26)16-10-15-12-23(14(2)25)8-5-9-24(15)21-16/h6-7,10,17H,5,8-9,11-12H2,1-4H3,(H,20,26). The normalized spacial score (nSPS) is 15.4. The molecular weight excluding hydrogens is 346 g/mol. The summed E-state index contributed by atoms with van der Waals surface area (Å²) in [4.78, 5) is 28.1. The summed E-state index contributed by atoms with van der Waals surface area (Å²) in [6.07, 6.45) is 0.829. The molecular formula is C19H27N5O3. The lowest BCUT2D eigenvalue weighted by Crippen LogP contribution is -2.34. The van der Waals surface area contributed by atoms with Crippen LogP contribution < -0.4 is 5.32 Å². The van der Waals surface area contributed by atoms with Crippen LogP contribution in [-0.4, -0.2) is 58.6 Å². The maximum atomic E-state index is 12.6. The summed E-state index contributed by atoms with van der Waals surface area (Å²) in [5.74, 6) is 1.48. The van der Waals surface area contributed by atoms with Gasteiger partial charge in [0.25, 0.3) is 5.91 Å². The largest absolute Gasteiger partial charge is 0.465 e. The third-order valence-corrected chi connectivity index (χ3v) is 4.86. The van der Waals surface area contributed by atoms with Gasteiger partial charge >= 0.3 is 0 Å². The summed E-state index contributed by atoms with van der Waals surface area (Å²) in [6.45, 7) is 5.79. The van der Waals surface area contributed by atoms with E-state index in [1.807, 2.05) is 42.7 Å². The molecule has 0 radical (unpaired) electrons. The second-order valence-electron chi connectivity index (χ2n) is 7.18. The highest BCUT2D eigenvalue weighted by atomic mass is 16.3. The number of nitrogens with one attached hydrogen (secondary N) is 1. The molecule has 1 unspecified atom stereocenters. The number of hydrogen-bond acceptors (Lipinski definition) is 5. The average Bonchev–Trinajstić information content (AvgIpc) is 3.15. The third kappa shape index (κ3) is 4.39. The zero-order chi connectivity index (χ0) is 19.6. The maximum absolute atomic E-state index is 12.6. The van der Waals surface area contributed by atoms with Gasteiger partial charge in [0.05, 0.1) is 18.3 Å². The Balaban J connectivity index is 1.68. The predicted octanol–water partition coefficient (Wildman–Crippen LogP) is 1.57. The number of aromatic nitrogens is 2. The van der Waals surface area contributed by atoms with Gasteiger partial charge in [-0.05, 0) is 45.6 Å². The minimum Gasteiger partial charge on any atom is -0.465 e. The smallest absolute Gasteiger partial charge is 0.271 e. The summed E-state index contributed by atoms with van der Waals surface area (Å²) in [6, 6.07) is 5.57. The van der Waals surface area contributed by atoms with Gasteiger partial charge < -0.3 is 14.6 Å². The van der Waals surface area contributed by atoms with Crippen molar-refractivity contribution in [1.29, 1.82) is 0 Å². The number of likely N-dealkylation sites (N-methyl/N-ethyl adjacent to an activating group) is 1. The van der Waals surface area contributed by atoms with Gasteiger partial charge in [-0.2, -0.15) is 5.10 Å². The minimum atomic E-state index is -0.222. The van der Waals surface area contributed by atoms with E-state index in [1.165, 1.54) is 0 Å². The van der Waals surface area contributed by atoms with Crippen LogP contribution in [-0.2, 0) is 17.9 Å². The molecule has 3 rings (SSSR count). The fourth-order valence-electron chi connectivity index (χ4n) is 3.29. The zero-order valence-electron chi connectivity index (χ0n) is 16.4. The molecule has 2 amide bonds. The van der Waals surface area contributed by atoms with Crippen molar-refractivity contribution >= 4 is 11.8 Å². The molecule has 0 spiro atoms. The fraction of sp³-hybridized carbons (Fsp3) is 0.526. The number of aryl methyl sites for hydroxylation is 2. The quantitative estimate of drug-likeness (QED) is 0.860. The summed E-state index contributed by atoms with van der Waals surface area (Å²) < 4.78 is 7.54.